The normalized spacial score (nSPS) is 10.1. The molecular weight excluding hydrogens is 184 g/mol. The number of allylic oxidation sites excluding steroid dienone is 3. The number of hydrogen-bond donors (Lipinski definition) is 2. The van der Waals surface area contributed by atoms with Gasteiger partial charge < -0.3 is 10.2 Å². The molecule has 0 aromatic carbocycles. The zero-order chi connectivity index (χ0) is 11.0. The highest BCUT2D eigenvalue weighted by molar-refractivity contribution is 6.12. The van der Waals surface area contributed by atoms with Crippen molar-refractivity contribution < 1.29 is 19.8 Å². The average molecular weight is 198 g/mol. The first-order chi connectivity index (χ1) is 6.59. The maximum atomic E-state index is 10.4. The third kappa shape index (κ3) is 5.13. The van der Waals surface area contributed by atoms with Crippen LogP contribution in [0.4, 0.5) is 0 Å². The summed E-state index contributed by atoms with van der Waals surface area (Å²) in [6.07, 6.45) is 7.22. The van der Waals surface area contributed by atoms with E-state index in [9.17, 15) is 9.59 Å². The van der Waals surface area contributed by atoms with Crippen molar-refractivity contribution in [3.8, 4) is 0 Å². The number of aliphatic carboxylic acids is 2. The first-order valence-electron chi connectivity index (χ1n) is 4.43. The second-order valence-electron chi connectivity index (χ2n) is 2.76. The van der Waals surface area contributed by atoms with Crippen molar-refractivity contribution in [2.45, 2.75) is 26.2 Å². The lowest BCUT2D eigenvalue weighted by atomic mass is 10.2. The molecule has 0 rings (SSSR count). The third-order valence-electron chi connectivity index (χ3n) is 1.58. The van der Waals surface area contributed by atoms with Crippen molar-refractivity contribution in [2.24, 2.45) is 0 Å². The number of rotatable bonds is 6. The second kappa shape index (κ2) is 6.88. The number of carboxylic acid groups (broad SMARTS) is 2. The lowest BCUT2D eigenvalue weighted by Gasteiger charge is -1.91. The van der Waals surface area contributed by atoms with Crippen LogP contribution in [-0.2, 0) is 9.59 Å². The van der Waals surface area contributed by atoms with Gasteiger partial charge in [0.15, 0.2) is 0 Å². The molecule has 78 valence electrons. The van der Waals surface area contributed by atoms with Gasteiger partial charge in [-0.25, -0.2) is 9.59 Å². The van der Waals surface area contributed by atoms with Crippen LogP contribution in [0, 0.1) is 0 Å². The molecule has 4 nitrogen and oxygen atoms in total. The van der Waals surface area contributed by atoms with Gasteiger partial charge in [0, 0.05) is 0 Å². The molecule has 0 fully saturated rings. The minimum atomic E-state index is -1.42. The molecule has 0 saturated carbocycles. The van der Waals surface area contributed by atoms with Gasteiger partial charge in [-0.2, -0.15) is 0 Å². The van der Waals surface area contributed by atoms with Crippen LogP contribution in [0.3, 0.4) is 0 Å². The van der Waals surface area contributed by atoms with Crippen molar-refractivity contribution in [1.29, 1.82) is 0 Å². The average Bonchev–Trinajstić information content (AvgIpc) is 2.09. The van der Waals surface area contributed by atoms with Crippen LogP contribution in [-0.4, -0.2) is 22.2 Å². The molecule has 0 atom stereocenters. The van der Waals surface area contributed by atoms with Gasteiger partial charge in [0.2, 0.25) is 0 Å². The first-order valence-corrected chi connectivity index (χ1v) is 4.43. The van der Waals surface area contributed by atoms with Crippen LogP contribution in [0.2, 0.25) is 0 Å². The molecule has 0 aromatic heterocycles. The molecular formula is C10H14O4. The van der Waals surface area contributed by atoms with Gasteiger partial charge in [0.05, 0.1) is 0 Å². The number of unbranched alkanes of at least 4 members (excludes halogenated alkanes) is 2. The molecule has 0 heterocycles. The van der Waals surface area contributed by atoms with E-state index in [2.05, 4.69) is 0 Å². The maximum Gasteiger partial charge on any atom is 0.343 e. The van der Waals surface area contributed by atoms with Crippen LogP contribution in [0.15, 0.2) is 23.8 Å². The summed E-state index contributed by atoms with van der Waals surface area (Å²) in [6, 6.07) is 0. The SMILES string of the molecule is CCCCC=CC=C(C(=O)O)C(=O)O. The summed E-state index contributed by atoms with van der Waals surface area (Å²) in [5, 5.41) is 16.9. The Morgan fingerprint density at radius 2 is 1.79 bits per heavy atom. The van der Waals surface area contributed by atoms with Gasteiger partial charge in [-0.05, 0) is 12.5 Å². The highest BCUT2D eigenvalue weighted by Gasteiger charge is 2.13. The molecule has 0 aromatic rings. The number of hydrogen-bond acceptors (Lipinski definition) is 2. The zero-order valence-electron chi connectivity index (χ0n) is 8.06. The molecule has 14 heavy (non-hydrogen) atoms. The van der Waals surface area contributed by atoms with E-state index in [0.29, 0.717) is 0 Å². The molecule has 0 saturated heterocycles. The van der Waals surface area contributed by atoms with Gasteiger partial charge in [0.25, 0.3) is 0 Å². The number of carboxylic acids is 2. The Hall–Kier alpha value is -1.58. The summed E-state index contributed by atoms with van der Waals surface area (Å²) in [5.41, 5.74) is -0.613. The number of carbonyl (C=O) groups is 2. The summed E-state index contributed by atoms with van der Waals surface area (Å²) < 4.78 is 0. The molecule has 0 aliphatic heterocycles. The van der Waals surface area contributed by atoms with E-state index in [1.165, 1.54) is 6.08 Å². The van der Waals surface area contributed by atoms with Gasteiger partial charge in [-0.3, -0.25) is 0 Å². The fourth-order valence-corrected chi connectivity index (χ4v) is 0.817. The summed E-state index contributed by atoms with van der Waals surface area (Å²) in [6.45, 7) is 2.05. The minimum absolute atomic E-state index is 0.613. The lowest BCUT2D eigenvalue weighted by Crippen LogP contribution is -2.10. The third-order valence-corrected chi connectivity index (χ3v) is 1.58. The van der Waals surface area contributed by atoms with Crippen molar-refractivity contribution in [3.63, 3.8) is 0 Å². The van der Waals surface area contributed by atoms with Crippen molar-refractivity contribution >= 4 is 11.9 Å². The minimum Gasteiger partial charge on any atom is -0.477 e. The van der Waals surface area contributed by atoms with E-state index in [0.717, 1.165) is 25.3 Å². The van der Waals surface area contributed by atoms with Gasteiger partial charge in [0.1, 0.15) is 5.57 Å². The first kappa shape index (κ1) is 12.4. The maximum absolute atomic E-state index is 10.4. The molecule has 0 radical (unpaired) electrons. The summed E-state index contributed by atoms with van der Waals surface area (Å²) >= 11 is 0. The van der Waals surface area contributed by atoms with Crippen LogP contribution >= 0.6 is 0 Å². The Morgan fingerprint density at radius 3 is 2.21 bits per heavy atom. The monoisotopic (exact) mass is 198 g/mol. The highest BCUT2D eigenvalue weighted by atomic mass is 16.4. The van der Waals surface area contributed by atoms with E-state index in [1.807, 2.05) is 6.92 Å². The van der Waals surface area contributed by atoms with Crippen LogP contribution < -0.4 is 0 Å². The van der Waals surface area contributed by atoms with E-state index < -0.39 is 17.5 Å². The molecule has 0 amide bonds. The fraction of sp³-hybridized carbons (Fsp3) is 0.400. The molecule has 0 aliphatic rings. The van der Waals surface area contributed by atoms with E-state index in [1.54, 1.807) is 6.08 Å². The summed E-state index contributed by atoms with van der Waals surface area (Å²) in [7, 11) is 0. The van der Waals surface area contributed by atoms with Crippen LogP contribution in [0.25, 0.3) is 0 Å². The van der Waals surface area contributed by atoms with Crippen molar-refractivity contribution in [2.75, 3.05) is 0 Å². The van der Waals surface area contributed by atoms with Gasteiger partial charge in [-0.1, -0.05) is 31.9 Å². The Morgan fingerprint density at radius 1 is 1.21 bits per heavy atom. The Labute approximate surface area is 82.6 Å². The zero-order valence-corrected chi connectivity index (χ0v) is 8.06. The molecule has 0 aliphatic carbocycles. The van der Waals surface area contributed by atoms with E-state index in [4.69, 9.17) is 10.2 Å². The predicted molar refractivity (Wildman–Crippen MR) is 52.0 cm³/mol. The Kier molecular flexibility index (Phi) is 6.11. The fourth-order valence-electron chi connectivity index (χ4n) is 0.817. The van der Waals surface area contributed by atoms with E-state index in [-0.39, 0.29) is 0 Å². The molecule has 0 spiro atoms. The van der Waals surface area contributed by atoms with Crippen molar-refractivity contribution in [1.82, 2.24) is 0 Å². The molecule has 2 N–H and O–H groups in total. The summed E-state index contributed by atoms with van der Waals surface area (Å²) in [4.78, 5) is 20.8. The largest absolute Gasteiger partial charge is 0.477 e. The molecule has 4 heteroatoms. The topological polar surface area (TPSA) is 74.6 Å². The quantitative estimate of drug-likeness (QED) is 0.224. The lowest BCUT2D eigenvalue weighted by molar-refractivity contribution is -0.140. The molecule has 0 bridgehead atoms. The van der Waals surface area contributed by atoms with Crippen molar-refractivity contribution in [3.05, 3.63) is 23.8 Å². The van der Waals surface area contributed by atoms with Crippen LogP contribution in [0.5, 0.6) is 0 Å². The van der Waals surface area contributed by atoms with Crippen LogP contribution in [0.1, 0.15) is 26.2 Å². The Balaban J connectivity index is 4.24. The second-order valence-corrected chi connectivity index (χ2v) is 2.76. The Bertz CT molecular complexity index is 247. The van der Waals surface area contributed by atoms with Gasteiger partial charge in [-0.15, -0.1) is 0 Å². The smallest absolute Gasteiger partial charge is 0.343 e. The highest BCUT2D eigenvalue weighted by Crippen LogP contribution is 1.98. The van der Waals surface area contributed by atoms with Gasteiger partial charge >= 0.3 is 11.9 Å². The van der Waals surface area contributed by atoms with E-state index >= 15 is 0 Å². The predicted octanol–water partition coefficient (Wildman–Crippen LogP) is 1.83. The molecule has 0 unspecified atom stereocenters. The summed E-state index contributed by atoms with van der Waals surface area (Å²) in [5.74, 6) is -2.84. The standard InChI is InChI=1S/C10H14O4/c1-2-3-4-5-6-7-8(9(11)12)10(13)14/h5-7H,2-4H2,1H3,(H,11,12)(H,13,14).